The van der Waals surface area contributed by atoms with Gasteiger partial charge in [0.15, 0.2) is 6.10 Å². The van der Waals surface area contributed by atoms with Crippen LogP contribution in [0.2, 0.25) is 0 Å². The fourth-order valence-corrected chi connectivity index (χ4v) is 2.73. The first-order chi connectivity index (χ1) is 13.1. The predicted molar refractivity (Wildman–Crippen MR) is 100 cm³/mol. The number of nitrogens with one attached hydrogen (secondary N) is 1. The smallest absolute Gasteiger partial charge is 0.335 e. The van der Waals surface area contributed by atoms with Crippen molar-refractivity contribution in [2.45, 2.75) is 77.2 Å². The summed E-state index contributed by atoms with van der Waals surface area (Å²) in [5.74, 6) is -1.16. The summed E-state index contributed by atoms with van der Waals surface area (Å²) in [5.41, 5.74) is 1.50. The summed E-state index contributed by atoms with van der Waals surface area (Å²) in [7, 11) is 0. The highest BCUT2D eigenvalue weighted by molar-refractivity contribution is 5.73. The summed E-state index contributed by atoms with van der Waals surface area (Å²) in [6.07, 6.45) is -8.23. The molecule has 1 aliphatic heterocycles. The standard InChI is InChI=1S/C19H29NO8/c1-9(2)20-12-7-11(8-26-10(3)4)5-6-13(12)27-19-16(23)14(21)15(22)17(28-19)18(24)25/h5-7,9-10,14-17,19-23H,8H2,1-4H3,(H,24,25). The predicted octanol–water partition coefficient (Wildman–Crippen LogP) is 0.703. The highest BCUT2D eigenvalue weighted by Crippen LogP contribution is 2.31. The Morgan fingerprint density at radius 2 is 1.82 bits per heavy atom. The molecule has 158 valence electrons. The second-order valence-electron chi connectivity index (χ2n) is 7.34. The van der Waals surface area contributed by atoms with Gasteiger partial charge in [-0.25, -0.2) is 4.79 Å². The Bertz CT molecular complexity index is 665. The molecule has 1 heterocycles. The summed E-state index contributed by atoms with van der Waals surface area (Å²) in [4.78, 5) is 11.2. The van der Waals surface area contributed by atoms with E-state index in [1.165, 1.54) is 0 Å². The van der Waals surface area contributed by atoms with E-state index in [0.717, 1.165) is 5.56 Å². The van der Waals surface area contributed by atoms with E-state index < -0.39 is 36.7 Å². The molecule has 0 aliphatic carbocycles. The van der Waals surface area contributed by atoms with Crippen LogP contribution in [0.1, 0.15) is 33.3 Å². The molecule has 5 atom stereocenters. The molecule has 5 unspecified atom stereocenters. The summed E-state index contributed by atoms with van der Waals surface area (Å²) < 4.78 is 16.5. The van der Waals surface area contributed by atoms with Gasteiger partial charge < -0.3 is 40.0 Å². The zero-order valence-electron chi connectivity index (χ0n) is 16.4. The van der Waals surface area contributed by atoms with Crippen LogP contribution in [0.5, 0.6) is 5.75 Å². The van der Waals surface area contributed by atoms with Crippen LogP contribution in [-0.4, -0.2) is 69.2 Å². The summed E-state index contributed by atoms with van der Waals surface area (Å²) in [5, 5.41) is 42.2. The van der Waals surface area contributed by atoms with Gasteiger partial charge in [0, 0.05) is 6.04 Å². The first-order valence-corrected chi connectivity index (χ1v) is 9.20. The molecule has 0 saturated carbocycles. The maximum atomic E-state index is 11.2. The van der Waals surface area contributed by atoms with Crippen molar-refractivity contribution < 1.29 is 39.4 Å². The molecule has 0 amide bonds. The van der Waals surface area contributed by atoms with E-state index in [0.29, 0.717) is 18.0 Å². The van der Waals surface area contributed by atoms with Gasteiger partial charge in [-0.05, 0) is 45.4 Å². The lowest BCUT2D eigenvalue weighted by molar-refractivity contribution is -0.271. The number of carboxylic acid groups (broad SMARTS) is 1. The number of anilines is 1. The first kappa shape index (κ1) is 22.4. The summed E-state index contributed by atoms with van der Waals surface area (Å²) in [6.45, 7) is 8.15. The molecule has 9 nitrogen and oxygen atoms in total. The molecule has 28 heavy (non-hydrogen) atoms. The lowest BCUT2D eigenvalue weighted by Crippen LogP contribution is -2.61. The SMILES string of the molecule is CC(C)Nc1cc(COC(C)C)ccc1OC1OC(C(=O)O)C(O)C(O)C1O. The average Bonchev–Trinajstić information content (AvgIpc) is 2.61. The van der Waals surface area contributed by atoms with Crippen LogP contribution >= 0.6 is 0 Å². The van der Waals surface area contributed by atoms with Gasteiger partial charge >= 0.3 is 5.97 Å². The normalized spacial score (nSPS) is 27.8. The molecular formula is C19H29NO8. The molecule has 0 spiro atoms. The molecule has 0 radical (unpaired) electrons. The summed E-state index contributed by atoms with van der Waals surface area (Å²) in [6, 6.07) is 5.32. The fourth-order valence-electron chi connectivity index (χ4n) is 2.73. The van der Waals surface area contributed by atoms with Gasteiger partial charge in [-0.15, -0.1) is 0 Å². The maximum Gasteiger partial charge on any atom is 0.335 e. The number of aliphatic hydroxyl groups excluding tert-OH is 3. The van der Waals surface area contributed by atoms with Crippen LogP contribution in [0.15, 0.2) is 18.2 Å². The molecule has 1 saturated heterocycles. The Kier molecular flexibility index (Phi) is 7.62. The van der Waals surface area contributed by atoms with Crippen molar-refractivity contribution >= 4 is 11.7 Å². The molecule has 1 fully saturated rings. The highest BCUT2D eigenvalue weighted by Gasteiger charge is 2.48. The Morgan fingerprint density at radius 1 is 1.14 bits per heavy atom. The van der Waals surface area contributed by atoms with Crippen molar-refractivity contribution in [1.82, 2.24) is 0 Å². The quantitative estimate of drug-likeness (QED) is 0.428. The zero-order valence-corrected chi connectivity index (χ0v) is 16.4. The van der Waals surface area contributed by atoms with Crippen molar-refractivity contribution in [2.75, 3.05) is 5.32 Å². The number of hydrogen-bond acceptors (Lipinski definition) is 8. The van der Waals surface area contributed by atoms with Gasteiger partial charge in [0.25, 0.3) is 0 Å². The third-order valence-electron chi connectivity index (χ3n) is 4.13. The highest BCUT2D eigenvalue weighted by atomic mass is 16.7. The Hall–Kier alpha value is -1.91. The second-order valence-corrected chi connectivity index (χ2v) is 7.34. The van der Waals surface area contributed by atoms with E-state index in [2.05, 4.69) is 5.32 Å². The topological polar surface area (TPSA) is 138 Å². The molecule has 0 aromatic heterocycles. The third kappa shape index (κ3) is 5.55. The van der Waals surface area contributed by atoms with Gasteiger partial charge in [0.2, 0.25) is 6.29 Å². The van der Waals surface area contributed by atoms with Crippen molar-refractivity contribution in [2.24, 2.45) is 0 Å². The molecule has 9 heteroatoms. The first-order valence-electron chi connectivity index (χ1n) is 9.20. The molecule has 5 N–H and O–H groups in total. The van der Waals surface area contributed by atoms with Crippen molar-refractivity contribution in [1.29, 1.82) is 0 Å². The largest absolute Gasteiger partial charge is 0.479 e. The number of hydrogen-bond donors (Lipinski definition) is 5. The molecule has 1 aliphatic rings. The van der Waals surface area contributed by atoms with Crippen molar-refractivity contribution in [3.8, 4) is 5.75 Å². The number of benzene rings is 1. The van der Waals surface area contributed by atoms with Crippen LogP contribution in [0, 0.1) is 0 Å². The molecule has 2 rings (SSSR count). The fraction of sp³-hybridized carbons (Fsp3) is 0.632. The van der Waals surface area contributed by atoms with Gasteiger partial charge in [-0.3, -0.25) is 0 Å². The van der Waals surface area contributed by atoms with Crippen LogP contribution < -0.4 is 10.1 Å². The second kappa shape index (κ2) is 9.53. The number of aliphatic carboxylic acids is 1. The number of ether oxygens (including phenoxy) is 3. The Balaban J connectivity index is 2.23. The lowest BCUT2D eigenvalue weighted by Gasteiger charge is -2.38. The van der Waals surface area contributed by atoms with Crippen LogP contribution in [0.3, 0.4) is 0 Å². The van der Waals surface area contributed by atoms with Crippen molar-refractivity contribution in [3.05, 3.63) is 23.8 Å². The van der Waals surface area contributed by atoms with E-state index >= 15 is 0 Å². The average molecular weight is 399 g/mol. The zero-order chi connectivity index (χ0) is 21.0. The number of carboxylic acids is 1. The number of aliphatic hydroxyl groups is 3. The van der Waals surface area contributed by atoms with Gasteiger partial charge in [0.05, 0.1) is 18.4 Å². The van der Waals surface area contributed by atoms with Crippen LogP contribution in [-0.2, 0) is 20.9 Å². The van der Waals surface area contributed by atoms with Crippen molar-refractivity contribution in [3.63, 3.8) is 0 Å². The molecule has 1 aromatic rings. The van der Waals surface area contributed by atoms with Gasteiger partial charge in [0.1, 0.15) is 24.1 Å². The monoisotopic (exact) mass is 399 g/mol. The minimum absolute atomic E-state index is 0.0694. The van der Waals surface area contributed by atoms with Gasteiger partial charge in [-0.1, -0.05) is 6.07 Å². The number of carbonyl (C=O) groups is 1. The molecular weight excluding hydrogens is 370 g/mol. The van der Waals surface area contributed by atoms with E-state index in [-0.39, 0.29) is 12.1 Å². The maximum absolute atomic E-state index is 11.2. The molecule has 0 bridgehead atoms. The Labute approximate surface area is 163 Å². The van der Waals surface area contributed by atoms with Gasteiger partial charge in [-0.2, -0.15) is 0 Å². The summed E-state index contributed by atoms with van der Waals surface area (Å²) >= 11 is 0. The van der Waals surface area contributed by atoms with Crippen LogP contribution in [0.25, 0.3) is 0 Å². The van der Waals surface area contributed by atoms with Crippen LogP contribution in [0.4, 0.5) is 5.69 Å². The minimum Gasteiger partial charge on any atom is -0.479 e. The van der Waals surface area contributed by atoms with E-state index in [1.54, 1.807) is 12.1 Å². The minimum atomic E-state index is -1.77. The van der Waals surface area contributed by atoms with E-state index in [4.69, 9.17) is 19.3 Å². The van der Waals surface area contributed by atoms with E-state index in [1.807, 2.05) is 33.8 Å². The Morgan fingerprint density at radius 3 is 2.39 bits per heavy atom. The lowest BCUT2D eigenvalue weighted by atomic mass is 9.99. The number of rotatable bonds is 8. The third-order valence-corrected chi connectivity index (χ3v) is 4.13. The van der Waals surface area contributed by atoms with E-state index in [9.17, 15) is 20.1 Å². The molecule has 1 aromatic carbocycles.